The summed E-state index contributed by atoms with van der Waals surface area (Å²) in [6.07, 6.45) is 5.57. The Morgan fingerprint density at radius 3 is 3.05 bits per heavy atom. The molecule has 3 aromatic heterocycles. The molecule has 0 saturated carbocycles. The van der Waals surface area contributed by atoms with Gasteiger partial charge in [-0.05, 0) is 12.5 Å². The number of rotatable bonds is 2. The maximum atomic E-state index is 12.7. The van der Waals surface area contributed by atoms with Crippen molar-refractivity contribution in [3.05, 3.63) is 33.2 Å². The Morgan fingerprint density at radius 1 is 1.43 bits per heavy atom. The van der Waals surface area contributed by atoms with E-state index in [4.69, 9.17) is 0 Å². The van der Waals surface area contributed by atoms with E-state index in [1.807, 2.05) is 24.6 Å². The van der Waals surface area contributed by atoms with Crippen molar-refractivity contribution >= 4 is 38.8 Å². The van der Waals surface area contributed by atoms with Gasteiger partial charge in [0.05, 0.1) is 29.0 Å². The molecule has 4 rings (SSSR count). The predicted octanol–water partition coefficient (Wildman–Crippen LogP) is 1.66. The van der Waals surface area contributed by atoms with Gasteiger partial charge in [-0.1, -0.05) is 6.08 Å². The lowest BCUT2D eigenvalue weighted by atomic mass is 10.3. The second-order valence-corrected chi connectivity index (χ2v) is 6.29. The van der Waals surface area contributed by atoms with E-state index in [9.17, 15) is 4.79 Å². The van der Waals surface area contributed by atoms with Crippen molar-refractivity contribution < 1.29 is 0 Å². The van der Waals surface area contributed by atoms with Crippen LogP contribution in [0.3, 0.4) is 0 Å². The molecular weight excluding hydrogens is 286 g/mol. The Kier molecular flexibility index (Phi) is 2.58. The van der Waals surface area contributed by atoms with Crippen molar-refractivity contribution in [2.75, 3.05) is 6.54 Å². The Balaban J connectivity index is 1.96. The number of allylic oxidation sites excluding steroid dienone is 1. The standard InChI is InChI=1S/C14H13N5OS/c1-8-17-13-12(21-8)10-6-16-19(7-9-3-4-15-5-9)14(20)11(10)18(13)2/h3,5-6H,4,7H2,1-2H3. The van der Waals surface area contributed by atoms with Crippen LogP contribution in [-0.2, 0) is 13.6 Å². The molecule has 1 aliphatic rings. The quantitative estimate of drug-likeness (QED) is 0.723. The summed E-state index contributed by atoms with van der Waals surface area (Å²) in [6.45, 7) is 3.12. The predicted molar refractivity (Wildman–Crippen MR) is 84.3 cm³/mol. The van der Waals surface area contributed by atoms with E-state index >= 15 is 0 Å². The van der Waals surface area contributed by atoms with Crippen LogP contribution in [0, 0.1) is 6.92 Å². The summed E-state index contributed by atoms with van der Waals surface area (Å²) in [5.41, 5.74) is 2.45. The molecule has 0 saturated heterocycles. The normalized spacial score (nSPS) is 14.5. The second-order valence-electron chi connectivity index (χ2n) is 5.09. The summed E-state index contributed by atoms with van der Waals surface area (Å²) in [4.78, 5) is 21.3. The minimum atomic E-state index is -0.0842. The van der Waals surface area contributed by atoms with Crippen molar-refractivity contribution in [2.45, 2.75) is 13.5 Å². The van der Waals surface area contributed by atoms with Crippen molar-refractivity contribution in [1.82, 2.24) is 19.3 Å². The monoisotopic (exact) mass is 299 g/mol. The summed E-state index contributed by atoms with van der Waals surface area (Å²) in [6, 6.07) is 0. The van der Waals surface area contributed by atoms with Gasteiger partial charge in [-0.25, -0.2) is 9.67 Å². The Hall–Kier alpha value is -2.28. The van der Waals surface area contributed by atoms with Crippen molar-refractivity contribution in [3.8, 4) is 0 Å². The van der Waals surface area contributed by atoms with Crippen LogP contribution in [0.4, 0.5) is 0 Å². The topological polar surface area (TPSA) is 65.1 Å². The molecule has 21 heavy (non-hydrogen) atoms. The van der Waals surface area contributed by atoms with Crippen molar-refractivity contribution in [2.24, 2.45) is 12.0 Å². The third kappa shape index (κ3) is 1.77. The van der Waals surface area contributed by atoms with Gasteiger partial charge in [0.25, 0.3) is 5.56 Å². The van der Waals surface area contributed by atoms with Crippen LogP contribution in [-0.4, -0.2) is 32.1 Å². The first-order valence-electron chi connectivity index (χ1n) is 6.65. The number of hydrogen-bond donors (Lipinski definition) is 0. The van der Waals surface area contributed by atoms with E-state index in [1.165, 1.54) is 4.68 Å². The van der Waals surface area contributed by atoms with Gasteiger partial charge < -0.3 is 4.57 Å². The zero-order chi connectivity index (χ0) is 14.6. The van der Waals surface area contributed by atoms with E-state index in [2.05, 4.69) is 15.1 Å². The fourth-order valence-corrected chi connectivity index (χ4v) is 3.64. The third-order valence-corrected chi connectivity index (χ3v) is 4.67. The van der Waals surface area contributed by atoms with Crippen LogP contribution in [0.25, 0.3) is 21.3 Å². The zero-order valence-corrected chi connectivity index (χ0v) is 12.5. The van der Waals surface area contributed by atoms with Gasteiger partial charge in [-0.2, -0.15) is 5.10 Å². The van der Waals surface area contributed by atoms with E-state index in [0.29, 0.717) is 18.6 Å². The molecule has 0 fully saturated rings. The molecule has 3 aromatic rings. The van der Waals surface area contributed by atoms with Crippen LogP contribution in [0.15, 0.2) is 27.6 Å². The summed E-state index contributed by atoms with van der Waals surface area (Å²) < 4.78 is 4.39. The fourth-order valence-electron chi connectivity index (χ4n) is 2.68. The summed E-state index contributed by atoms with van der Waals surface area (Å²) in [5, 5.41) is 6.19. The molecule has 0 radical (unpaired) electrons. The number of thiazole rings is 1. The first-order valence-corrected chi connectivity index (χ1v) is 7.47. The zero-order valence-electron chi connectivity index (χ0n) is 11.7. The minimum Gasteiger partial charge on any atom is -0.323 e. The molecule has 6 nitrogen and oxygen atoms in total. The average molecular weight is 299 g/mol. The highest BCUT2D eigenvalue weighted by molar-refractivity contribution is 7.19. The Labute approximate surface area is 124 Å². The number of aromatic nitrogens is 4. The first-order chi connectivity index (χ1) is 10.1. The molecule has 0 spiro atoms. The fraction of sp³-hybridized carbons (Fsp3) is 0.286. The molecule has 0 aliphatic carbocycles. The van der Waals surface area contributed by atoms with Gasteiger partial charge in [0.15, 0.2) is 5.65 Å². The molecule has 106 valence electrons. The Morgan fingerprint density at radius 2 is 2.29 bits per heavy atom. The van der Waals surface area contributed by atoms with Crippen molar-refractivity contribution in [3.63, 3.8) is 0 Å². The van der Waals surface area contributed by atoms with Crippen LogP contribution < -0.4 is 5.56 Å². The molecule has 1 aliphatic heterocycles. The molecular formula is C14H13N5OS. The van der Waals surface area contributed by atoms with E-state index in [0.717, 1.165) is 26.3 Å². The number of fused-ring (bicyclic) bond motifs is 3. The Bertz CT molecular complexity index is 988. The smallest absolute Gasteiger partial charge is 0.291 e. The van der Waals surface area contributed by atoms with Gasteiger partial charge in [-0.3, -0.25) is 9.79 Å². The van der Waals surface area contributed by atoms with Gasteiger partial charge in [0, 0.05) is 18.6 Å². The summed E-state index contributed by atoms with van der Waals surface area (Å²) in [7, 11) is 1.88. The van der Waals surface area contributed by atoms with E-state index < -0.39 is 0 Å². The SMILES string of the molecule is Cc1nc2c(s1)c1cnn(CC3=CCN=C3)c(=O)c1n2C. The number of aliphatic imine (C=N–C) groups is 1. The van der Waals surface area contributed by atoms with E-state index in [-0.39, 0.29) is 5.56 Å². The molecule has 7 heteroatoms. The minimum absolute atomic E-state index is 0.0842. The second kappa shape index (κ2) is 4.36. The highest BCUT2D eigenvalue weighted by atomic mass is 32.1. The maximum absolute atomic E-state index is 12.7. The van der Waals surface area contributed by atoms with Crippen LogP contribution >= 0.6 is 11.3 Å². The number of aryl methyl sites for hydroxylation is 2. The van der Waals surface area contributed by atoms with Crippen LogP contribution in [0.2, 0.25) is 0 Å². The molecule has 0 aromatic carbocycles. The molecule has 4 heterocycles. The molecule has 0 amide bonds. The first kappa shape index (κ1) is 12.5. The summed E-state index contributed by atoms with van der Waals surface area (Å²) >= 11 is 1.60. The highest BCUT2D eigenvalue weighted by Crippen LogP contribution is 2.30. The van der Waals surface area contributed by atoms with Gasteiger partial charge in [0.1, 0.15) is 5.52 Å². The maximum Gasteiger partial charge on any atom is 0.291 e. The largest absolute Gasteiger partial charge is 0.323 e. The van der Waals surface area contributed by atoms with Gasteiger partial charge in [0.2, 0.25) is 0 Å². The molecule has 0 atom stereocenters. The third-order valence-electron chi connectivity index (χ3n) is 3.68. The lowest BCUT2D eigenvalue weighted by Crippen LogP contribution is -2.25. The van der Waals surface area contributed by atoms with E-state index in [1.54, 1.807) is 23.7 Å². The average Bonchev–Trinajstić information content (AvgIpc) is 3.13. The van der Waals surface area contributed by atoms with Crippen LogP contribution in [0.5, 0.6) is 0 Å². The van der Waals surface area contributed by atoms with Gasteiger partial charge >= 0.3 is 0 Å². The van der Waals surface area contributed by atoms with Gasteiger partial charge in [-0.15, -0.1) is 11.3 Å². The highest BCUT2D eigenvalue weighted by Gasteiger charge is 2.17. The lowest BCUT2D eigenvalue weighted by molar-refractivity contribution is 0.648. The molecule has 0 bridgehead atoms. The number of hydrogen-bond acceptors (Lipinski definition) is 5. The van der Waals surface area contributed by atoms with Crippen molar-refractivity contribution in [1.29, 1.82) is 0 Å². The molecule has 0 unspecified atom stereocenters. The number of nitrogens with zero attached hydrogens (tertiary/aromatic N) is 5. The summed E-state index contributed by atoms with van der Waals surface area (Å²) in [5.74, 6) is 0. The lowest BCUT2D eigenvalue weighted by Gasteiger charge is -2.04. The van der Waals surface area contributed by atoms with Crippen LogP contribution in [0.1, 0.15) is 5.01 Å². The molecule has 0 N–H and O–H groups in total.